The largest absolute Gasteiger partial charge is 0.460 e. The highest BCUT2D eigenvalue weighted by atomic mass is 16.5. The summed E-state index contributed by atoms with van der Waals surface area (Å²) in [5.41, 5.74) is 1.40. The van der Waals surface area contributed by atoms with E-state index in [0.717, 1.165) is 68.3 Å². The number of hydrogen-bond acceptors (Lipinski definition) is 6. The monoisotopic (exact) mass is 612 g/mol. The van der Waals surface area contributed by atoms with Crippen molar-refractivity contribution in [1.29, 1.82) is 0 Å². The number of hydrogen-bond donors (Lipinski definition) is 1. The molecular weight excluding hydrogens is 560 g/mol. The van der Waals surface area contributed by atoms with Crippen molar-refractivity contribution < 1.29 is 19.4 Å². The number of nitrogens with zero attached hydrogens (tertiary/aromatic N) is 2. The highest BCUT2D eigenvalue weighted by Crippen LogP contribution is 2.76. The molecule has 6 nitrogen and oxygen atoms in total. The Kier molecular flexibility index (Phi) is 7.03. The summed E-state index contributed by atoms with van der Waals surface area (Å²) in [6.07, 6.45) is 11.2. The highest BCUT2D eigenvalue weighted by molar-refractivity contribution is 5.87. The summed E-state index contributed by atoms with van der Waals surface area (Å²) in [7, 11) is 0. The van der Waals surface area contributed by atoms with E-state index in [4.69, 9.17) is 14.7 Å². The predicted octanol–water partition coefficient (Wildman–Crippen LogP) is 7.27. The molecule has 0 amide bonds. The molecule has 1 heterocycles. The fourth-order valence-corrected chi connectivity index (χ4v) is 12.3. The summed E-state index contributed by atoms with van der Waals surface area (Å²) in [6.45, 7) is 14.4. The topological polar surface area (TPSA) is 89.4 Å². The number of ketones is 1. The van der Waals surface area contributed by atoms with Crippen LogP contribution in [0.3, 0.4) is 0 Å². The fraction of sp³-hybridized carbons (Fsp3) is 0.692. The number of ether oxygens (including phenoxy) is 1. The van der Waals surface area contributed by atoms with Gasteiger partial charge in [0.05, 0.1) is 23.4 Å². The van der Waals surface area contributed by atoms with Gasteiger partial charge < -0.3 is 9.84 Å². The molecular formula is C39H52N2O4. The van der Waals surface area contributed by atoms with Crippen LogP contribution in [0.4, 0.5) is 0 Å². The SMILES string of the molecule is CC1(C)CC[C@]2(C(=O)OCc3ccccc3)CC[C@]3(C)C(C(=O)C[C@@H]4[C@@]5(C)Cc6nccnc6[C@@](C)(CO)[C@@H]5CC[C@]43C)[C@@H]2C1. The summed E-state index contributed by atoms with van der Waals surface area (Å²) in [5.74, 6) is 0.476. The van der Waals surface area contributed by atoms with E-state index in [1.54, 1.807) is 12.4 Å². The lowest BCUT2D eigenvalue weighted by Gasteiger charge is -2.72. The van der Waals surface area contributed by atoms with E-state index in [1.165, 1.54) is 0 Å². The van der Waals surface area contributed by atoms with Crippen LogP contribution < -0.4 is 0 Å². The number of carbonyl (C=O) groups is 2. The first kappa shape index (κ1) is 31.0. The van der Waals surface area contributed by atoms with Gasteiger partial charge in [0.1, 0.15) is 12.4 Å². The molecule has 4 fully saturated rings. The van der Waals surface area contributed by atoms with Crippen molar-refractivity contribution in [3.63, 3.8) is 0 Å². The van der Waals surface area contributed by atoms with Crippen molar-refractivity contribution in [3.05, 3.63) is 59.7 Å². The third-order valence-corrected chi connectivity index (χ3v) is 14.9. The van der Waals surface area contributed by atoms with Gasteiger partial charge in [0.25, 0.3) is 0 Å². The van der Waals surface area contributed by atoms with Gasteiger partial charge in [-0.3, -0.25) is 19.6 Å². The van der Waals surface area contributed by atoms with Crippen LogP contribution in [0.25, 0.3) is 0 Å². The predicted molar refractivity (Wildman–Crippen MR) is 173 cm³/mol. The first-order valence-corrected chi connectivity index (χ1v) is 17.4. The number of aromatic nitrogens is 2. The minimum atomic E-state index is -0.608. The second-order valence-electron chi connectivity index (χ2n) is 17.4. The Balaban J connectivity index is 1.27. The van der Waals surface area contributed by atoms with Crippen molar-refractivity contribution in [2.45, 2.75) is 111 Å². The standard InChI is InChI=1S/C39H52N2O4/c1-34(2)14-16-39(33(44)45-23-25-10-8-7-9-11-25)17-15-38(6)31(26(39)21-34)28(43)20-30-35(3)22-27-32(41-19-18-40-27)36(4,24-42)29(35)12-13-37(30,38)5/h7-11,18-19,26,29-31,42H,12-17,20-24H2,1-6H3/t26-,29+,30+,31?,35-,36-,37+,38+,39-/m0/s1. The zero-order valence-electron chi connectivity index (χ0n) is 28.2. The Hall–Kier alpha value is -2.60. The van der Waals surface area contributed by atoms with Gasteiger partial charge in [-0.1, -0.05) is 71.9 Å². The molecule has 0 aliphatic heterocycles. The minimum Gasteiger partial charge on any atom is -0.460 e. The molecule has 0 bridgehead atoms. The lowest BCUT2D eigenvalue weighted by atomic mass is 9.31. The van der Waals surface area contributed by atoms with Gasteiger partial charge in [-0.15, -0.1) is 0 Å². The lowest BCUT2D eigenvalue weighted by Crippen LogP contribution is -2.70. The quantitative estimate of drug-likeness (QED) is 0.366. The number of benzene rings is 1. The van der Waals surface area contributed by atoms with Gasteiger partial charge >= 0.3 is 5.97 Å². The summed E-state index contributed by atoms with van der Waals surface area (Å²) in [6, 6.07) is 9.94. The number of rotatable bonds is 4. The summed E-state index contributed by atoms with van der Waals surface area (Å²) in [5, 5.41) is 10.9. The van der Waals surface area contributed by atoms with Crippen LogP contribution in [-0.2, 0) is 32.8 Å². The number of fused-ring (bicyclic) bond motifs is 8. The van der Waals surface area contributed by atoms with E-state index in [9.17, 15) is 14.7 Å². The van der Waals surface area contributed by atoms with Crippen molar-refractivity contribution in [2.24, 2.45) is 50.7 Å². The molecule has 7 rings (SSSR count). The molecule has 5 aliphatic carbocycles. The zero-order valence-corrected chi connectivity index (χ0v) is 28.2. The van der Waals surface area contributed by atoms with Gasteiger partial charge in [-0.2, -0.15) is 0 Å². The van der Waals surface area contributed by atoms with E-state index in [-0.39, 0.29) is 64.5 Å². The fourth-order valence-electron chi connectivity index (χ4n) is 12.3. The van der Waals surface area contributed by atoms with E-state index < -0.39 is 10.8 Å². The van der Waals surface area contributed by atoms with Crippen molar-refractivity contribution >= 4 is 11.8 Å². The normalized spacial score (nSPS) is 43.1. The second kappa shape index (κ2) is 10.2. The molecule has 4 saturated carbocycles. The highest BCUT2D eigenvalue weighted by Gasteiger charge is 2.73. The molecule has 1 unspecified atom stereocenters. The van der Waals surface area contributed by atoms with Gasteiger partial charge in [0, 0.05) is 30.1 Å². The van der Waals surface area contributed by atoms with Gasteiger partial charge in [0.2, 0.25) is 0 Å². The zero-order chi connectivity index (χ0) is 32.0. The minimum absolute atomic E-state index is 0.0141. The molecule has 0 spiro atoms. The molecule has 9 atom stereocenters. The average molecular weight is 613 g/mol. The van der Waals surface area contributed by atoms with Crippen LogP contribution in [0.5, 0.6) is 0 Å². The number of esters is 1. The molecule has 6 heteroatoms. The molecule has 5 aliphatic rings. The molecule has 0 radical (unpaired) electrons. The van der Waals surface area contributed by atoms with E-state index in [2.05, 4.69) is 41.5 Å². The number of carbonyl (C=O) groups excluding carboxylic acids is 2. The maximum atomic E-state index is 14.9. The average Bonchev–Trinajstić information content (AvgIpc) is 3.01. The maximum absolute atomic E-state index is 14.9. The second-order valence-corrected chi connectivity index (χ2v) is 17.4. The van der Waals surface area contributed by atoms with Crippen molar-refractivity contribution in [2.75, 3.05) is 6.61 Å². The summed E-state index contributed by atoms with van der Waals surface area (Å²) < 4.78 is 6.14. The first-order chi connectivity index (χ1) is 21.2. The molecule has 2 aromatic rings. The molecule has 1 N–H and O–H groups in total. The van der Waals surface area contributed by atoms with Crippen LogP contribution in [0.1, 0.15) is 110 Å². The molecule has 1 aromatic heterocycles. The van der Waals surface area contributed by atoms with Gasteiger partial charge in [-0.05, 0) is 96.3 Å². The van der Waals surface area contributed by atoms with Gasteiger partial charge in [0.15, 0.2) is 0 Å². The van der Waals surface area contributed by atoms with E-state index in [1.807, 2.05) is 30.3 Å². The number of Topliss-reactive ketones (excluding diaryl/α,β-unsaturated/α-hetero) is 1. The Morgan fingerprint density at radius 1 is 0.911 bits per heavy atom. The van der Waals surface area contributed by atoms with Crippen LogP contribution >= 0.6 is 0 Å². The third kappa shape index (κ3) is 4.22. The summed E-state index contributed by atoms with van der Waals surface area (Å²) >= 11 is 0. The van der Waals surface area contributed by atoms with Crippen molar-refractivity contribution in [1.82, 2.24) is 9.97 Å². The maximum Gasteiger partial charge on any atom is 0.312 e. The van der Waals surface area contributed by atoms with Crippen molar-refractivity contribution in [3.8, 4) is 0 Å². The third-order valence-electron chi connectivity index (χ3n) is 14.9. The van der Waals surface area contributed by atoms with Crippen LogP contribution in [0, 0.1) is 50.7 Å². The number of aliphatic hydroxyl groups excluding tert-OH is 1. The Labute approximate surface area is 269 Å². The molecule has 242 valence electrons. The van der Waals surface area contributed by atoms with Gasteiger partial charge in [-0.25, -0.2) is 0 Å². The Morgan fingerprint density at radius 3 is 2.36 bits per heavy atom. The Morgan fingerprint density at radius 2 is 1.62 bits per heavy atom. The van der Waals surface area contributed by atoms with Crippen LogP contribution in [0.15, 0.2) is 42.7 Å². The summed E-state index contributed by atoms with van der Waals surface area (Å²) in [4.78, 5) is 38.8. The van der Waals surface area contributed by atoms with Crippen LogP contribution in [0.2, 0.25) is 0 Å². The Bertz CT molecular complexity index is 1510. The molecule has 45 heavy (non-hydrogen) atoms. The van der Waals surface area contributed by atoms with Crippen LogP contribution in [-0.4, -0.2) is 33.4 Å². The number of aliphatic hydroxyl groups is 1. The smallest absolute Gasteiger partial charge is 0.312 e. The molecule has 0 saturated heterocycles. The van der Waals surface area contributed by atoms with E-state index in [0.29, 0.717) is 12.2 Å². The van der Waals surface area contributed by atoms with E-state index >= 15 is 0 Å². The lowest BCUT2D eigenvalue weighted by molar-refractivity contribution is -0.233. The molecule has 1 aromatic carbocycles. The first-order valence-electron chi connectivity index (χ1n) is 17.4.